The van der Waals surface area contributed by atoms with Crippen LogP contribution in [0, 0.1) is 17.8 Å². The van der Waals surface area contributed by atoms with Crippen molar-refractivity contribution in [2.75, 3.05) is 13.2 Å². The summed E-state index contributed by atoms with van der Waals surface area (Å²) in [4.78, 5) is 11.5. The molecule has 136 valence electrons. The van der Waals surface area contributed by atoms with Crippen molar-refractivity contribution in [2.45, 2.75) is 50.0 Å². The first-order valence-corrected chi connectivity index (χ1v) is 9.28. The molecule has 4 bridgehead atoms. The Hall–Kier alpha value is -1.59. The van der Waals surface area contributed by atoms with Gasteiger partial charge in [-0.25, -0.2) is 4.79 Å². The molecule has 5 heteroatoms. The van der Waals surface area contributed by atoms with E-state index in [1.165, 1.54) is 19.3 Å². The van der Waals surface area contributed by atoms with Crippen LogP contribution in [-0.2, 0) is 5.41 Å². The van der Waals surface area contributed by atoms with Crippen LogP contribution in [0.3, 0.4) is 0 Å². The van der Waals surface area contributed by atoms with Gasteiger partial charge in [0.05, 0.1) is 12.2 Å². The molecular weight excluding hydrogens is 320 g/mol. The number of hydrogen-bond donors (Lipinski definition) is 3. The lowest BCUT2D eigenvalue weighted by Crippen LogP contribution is -2.48. The zero-order valence-electron chi connectivity index (χ0n) is 14.4. The standard InChI is InChI=1S/C20H26O5/c21-10-16(22)11-25-18-2-1-15(19(23)24)6-17(18)20-7-12-3-13(8-20)5-14(4-12)9-20/h1-2,6,12-14,16,21-22H,3-5,7-11H2,(H,23,24). The Morgan fingerprint density at radius 2 is 1.76 bits per heavy atom. The zero-order valence-corrected chi connectivity index (χ0v) is 14.4. The number of carboxylic acid groups (broad SMARTS) is 1. The van der Waals surface area contributed by atoms with E-state index in [9.17, 15) is 15.0 Å². The third-order valence-corrected chi connectivity index (χ3v) is 6.48. The normalized spacial score (nSPS) is 34.1. The number of aromatic carboxylic acids is 1. The molecule has 0 radical (unpaired) electrons. The highest BCUT2D eigenvalue weighted by molar-refractivity contribution is 5.88. The molecule has 4 saturated carbocycles. The van der Waals surface area contributed by atoms with Gasteiger partial charge in [0.2, 0.25) is 0 Å². The predicted octanol–water partition coefficient (Wildman–Crippen LogP) is 2.58. The summed E-state index contributed by atoms with van der Waals surface area (Å²) in [5.74, 6) is 1.98. The van der Waals surface area contributed by atoms with E-state index < -0.39 is 12.1 Å². The number of benzene rings is 1. The lowest BCUT2D eigenvalue weighted by Gasteiger charge is -2.57. The summed E-state index contributed by atoms with van der Waals surface area (Å²) in [6.45, 7) is -0.331. The van der Waals surface area contributed by atoms with E-state index in [0.29, 0.717) is 11.3 Å². The van der Waals surface area contributed by atoms with Crippen molar-refractivity contribution in [3.05, 3.63) is 29.3 Å². The van der Waals surface area contributed by atoms with Crippen LogP contribution in [0.25, 0.3) is 0 Å². The largest absolute Gasteiger partial charge is 0.490 e. The molecule has 1 aromatic rings. The Morgan fingerprint density at radius 1 is 1.16 bits per heavy atom. The lowest BCUT2D eigenvalue weighted by atomic mass is 9.48. The predicted molar refractivity (Wildman–Crippen MR) is 91.8 cm³/mol. The number of ether oxygens (including phenoxy) is 1. The molecule has 4 fully saturated rings. The van der Waals surface area contributed by atoms with E-state index in [1.807, 2.05) is 0 Å². The third-order valence-electron chi connectivity index (χ3n) is 6.48. The SMILES string of the molecule is O=C(O)c1ccc(OCC(O)CO)c(C23CC4CC(CC(C4)C2)C3)c1. The van der Waals surface area contributed by atoms with Crippen molar-refractivity contribution in [3.8, 4) is 5.75 Å². The van der Waals surface area contributed by atoms with Crippen molar-refractivity contribution < 1.29 is 24.9 Å². The van der Waals surface area contributed by atoms with E-state index in [0.717, 1.165) is 42.6 Å². The minimum atomic E-state index is -0.927. The lowest BCUT2D eigenvalue weighted by molar-refractivity contribution is -0.00740. The molecule has 0 saturated heterocycles. The van der Waals surface area contributed by atoms with Crippen molar-refractivity contribution >= 4 is 5.97 Å². The van der Waals surface area contributed by atoms with E-state index in [4.69, 9.17) is 9.84 Å². The van der Waals surface area contributed by atoms with E-state index in [2.05, 4.69) is 0 Å². The monoisotopic (exact) mass is 346 g/mol. The molecule has 5 nitrogen and oxygen atoms in total. The Bertz CT molecular complexity index is 633. The fourth-order valence-electron chi connectivity index (χ4n) is 5.88. The van der Waals surface area contributed by atoms with E-state index in [-0.39, 0.29) is 18.6 Å². The maximum atomic E-state index is 11.5. The number of rotatable bonds is 6. The Balaban J connectivity index is 1.71. The maximum Gasteiger partial charge on any atom is 0.335 e. The summed E-state index contributed by atoms with van der Waals surface area (Å²) in [5.41, 5.74) is 1.30. The number of aliphatic hydroxyl groups excluding tert-OH is 2. The molecule has 1 atom stereocenters. The van der Waals surface area contributed by atoms with Gasteiger partial charge in [-0.2, -0.15) is 0 Å². The molecule has 0 aromatic heterocycles. The van der Waals surface area contributed by atoms with Gasteiger partial charge in [-0.1, -0.05) is 0 Å². The number of hydrogen-bond acceptors (Lipinski definition) is 4. The highest BCUT2D eigenvalue weighted by atomic mass is 16.5. The van der Waals surface area contributed by atoms with Crippen LogP contribution in [0.5, 0.6) is 5.75 Å². The van der Waals surface area contributed by atoms with Crippen molar-refractivity contribution in [3.63, 3.8) is 0 Å². The average molecular weight is 346 g/mol. The zero-order chi connectivity index (χ0) is 17.6. The quantitative estimate of drug-likeness (QED) is 0.737. The fraction of sp³-hybridized carbons (Fsp3) is 0.650. The van der Waals surface area contributed by atoms with Gasteiger partial charge in [-0.3, -0.25) is 0 Å². The summed E-state index contributed by atoms with van der Waals surface area (Å²) >= 11 is 0. The van der Waals surface area contributed by atoms with Crippen LogP contribution in [0.15, 0.2) is 18.2 Å². The minimum absolute atomic E-state index is 0.0136. The van der Waals surface area contributed by atoms with Crippen molar-refractivity contribution in [1.82, 2.24) is 0 Å². The van der Waals surface area contributed by atoms with Gasteiger partial charge in [0.1, 0.15) is 18.5 Å². The fourth-order valence-corrected chi connectivity index (χ4v) is 5.88. The first-order chi connectivity index (χ1) is 12.0. The second kappa shape index (κ2) is 6.29. The molecule has 0 amide bonds. The topological polar surface area (TPSA) is 87.0 Å². The van der Waals surface area contributed by atoms with Crippen LogP contribution in [0.2, 0.25) is 0 Å². The molecular formula is C20H26O5. The summed E-state index contributed by atoms with van der Waals surface area (Å²) in [6.07, 6.45) is 6.36. The Labute approximate surface area is 147 Å². The minimum Gasteiger partial charge on any atom is -0.490 e. The van der Waals surface area contributed by atoms with Crippen LogP contribution in [0.4, 0.5) is 0 Å². The van der Waals surface area contributed by atoms with E-state index >= 15 is 0 Å². The van der Waals surface area contributed by atoms with Crippen LogP contribution < -0.4 is 4.74 Å². The smallest absolute Gasteiger partial charge is 0.335 e. The second-order valence-electron chi connectivity index (χ2n) is 8.36. The van der Waals surface area contributed by atoms with Crippen LogP contribution in [0.1, 0.15) is 54.4 Å². The van der Waals surface area contributed by atoms with Crippen molar-refractivity contribution in [2.24, 2.45) is 17.8 Å². The van der Waals surface area contributed by atoms with Crippen LogP contribution in [-0.4, -0.2) is 40.6 Å². The molecule has 4 aliphatic rings. The molecule has 4 aliphatic carbocycles. The molecule has 5 rings (SSSR count). The molecule has 0 aliphatic heterocycles. The summed E-state index contributed by atoms with van der Waals surface area (Å²) in [6, 6.07) is 5.07. The van der Waals surface area contributed by atoms with Gasteiger partial charge in [0, 0.05) is 5.56 Å². The molecule has 1 aromatic carbocycles. The van der Waals surface area contributed by atoms with Gasteiger partial charge in [0.25, 0.3) is 0 Å². The summed E-state index contributed by atoms with van der Waals surface area (Å²) in [7, 11) is 0. The molecule has 1 unspecified atom stereocenters. The van der Waals surface area contributed by atoms with Gasteiger partial charge in [-0.05, 0) is 79.9 Å². The highest BCUT2D eigenvalue weighted by Gasteiger charge is 2.52. The third kappa shape index (κ3) is 3.04. The number of aliphatic hydroxyl groups is 2. The van der Waals surface area contributed by atoms with Gasteiger partial charge >= 0.3 is 5.97 Å². The molecule has 3 N–H and O–H groups in total. The summed E-state index contributed by atoms with van der Waals surface area (Å²) in [5, 5.41) is 28.1. The van der Waals surface area contributed by atoms with E-state index in [1.54, 1.807) is 18.2 Å². The molecule has 25 heavy (non-hydrogen) atoms. The van der Waals surface area contributed by atoms with Crippen LogP contribution >= 0.6 is 0 Å². The average Bonchev–Trinajstić information content (AvgIpc) is 2.58. The summed E-state index contributed by atoms with van der Waals surface area (Å²) < 4.78 is 5.81. The first kappa shape index (κ1) is 16.9. The first-order valence-electron chi connectivity index (χ1n) is 9.28. The molecule has 0 heterocycles. The van der Waals surface area contributed by atoms with Gasteiger partial charge in [0.15, 0.2) is 0 Å². The number of carboxylic acids is 1. The number of carbonyl (C=O) groups is 1. The van der Waals surface area contributed by atoms with Gasteiger partial charge in [-0.15, -0.1) is 0 Å². The highest BCUT2D eigenvalue weighted by Crippen LogP contribution is 2.61. The maximum absolute atomic E-state index is 11.5. The van der Waals surface area contributed by atoms with Gasteiger partial charge < -0.3 is 20.1 Å². The Morgan fingerprint density at radius 3 is 2.28 bits per heavy atom. The Kier molecular flexibility index (Phi) is 4.24. The molecule has 0 spiro atoms. The second-order valence-corrected chi connectivity index (χ2v) is 8.36. The van der Waals surface area contributed by atoms with Crippen molar-refractivity contribution in [1.29, 1.82) is 0 Å².